The highest BCUT2D eigenvalue weighted by molar-refractivity contribution is 7.90. The molecule has 0 radical (unpaired) electrons. The Labute approximate surface area is 465 Å². The fourth-order valence-electron chi connectivity index (χ4n) is 7.08. The number of nitrogens with one attached hydrogen (secondary N) is 1. The van der Waals surface area contributed by atoms with Gasteiger partial charge in [-0.2, -0.15) is 18.6 Å². The number of guanidine groups is 1. The van der Waals surface area contributed by atoms with Crippen LogP contribution in [0.4, 0.5) is 0 Å². The Morgan fingerprint density at radius 2 is 1.00 bits per heavy atom. The Hall–Kier alpha value is -6.43. The third kappa shape index (κ3) is 16.3. The summed E-state index contributed by atoms with van der Waals surface area (Å²) in [6.07, 6.45) is 0. The number of aliphatic imine (C=N–C) groups is 1. The number of aliphatic hydroxyl groups excluding tert-OH is 2. The number of hydrazone groups is 2. The molecule has 4 atom stereocenters. The molecule has 76 heavy (non-hydrogen) atoms. The molecule has 0 fully saturated rings. The number of amides is 2. The number of primary amides is 2. The van der Waals surface area contributed by atoms with E-state index in [0.29, 0.717) is 32.3 Å². The smallest absolute Gasteiger partial charge is 0.285 e. The van der Waals surface area contributed by atoms with Crippen molar-refractivity contribution in [1.82, 2.24) is 14.7 Å². The lowest BCUT2D eigenvalue weighted by atomic mass is 9.91. The van der Waals surface area contributed by atoms with Gasteiger partial charge in [-0.3, -0.25) is 9.59 Å². The van der Waals surface area contributed by atoms with Crippen LogP contribution in [0.25, 0.3) is 0 Å². The molecule has 9 N–H and O–H groups in total. The standard InChI is InChI=1S/C25H23Cl2N5O4S.C22H16Cl3N3O2S.C3H8N2O2.CH4/c26-18-8-6-17(7-9-18)23-21(16-4-2-1-3-5-16)14-32(30-23)25(29-22(15-33)24(28)34)31-37(35,36)20-12-10-19(27)11-13-20;23-17-8-6-16(7-9-17)21-20(15-4-2-1-3-5-15)14-28(26-21)22(25)27-31(29,30)19-12-10-18(24)11-13-19;4-2(1-6)3(5)7;/h1-13,21-22,33H,14-15H2,(H2,28,34)(H,29,31);1-13,20H,14H2;2,6H,1,4H2,(H2,5,7);1H4. The third-order valence-corrected chi connectivity index (χ3v) is 15.0. The van der Waals surface area contributed by atoms with Crippen molar-refractivity contribution in [3.8, 4) is 0 Å². The van der Waals surface area contributed by atoms with Gasteiger partial charge in [0.05, 0.1) is 47.5 Å². The highest BCUT2D eigenvalue weighted by Gasteiger charge is 2.35. The third-order valence-electron chi connectivity index (χ3n) is 11.0. The number of halogens is 5. The number of hydrogen-bond acceptors (Lipinski definition) is 12. The molecule has 2 amide bonds. The van der Waals surface area contributed by atoms with E-state index >= 15 is 0 Å². The van der Waals surface area contributed by atoms with Gasteiger partial charge >= 0.3 is 0 Å². The molecule has 6 aromatic carbocycles. The lowest BCUT2D eigenvalue weighted by molar-refractivity contribution is -0.120. The molecule has 2 aliphatic rings. The molecule has 0 spiro atoms. The van der Waals surface area contributed by atoms with Crippen molar-refractivity contribution in [2.75, 3.05) is 26.3 Å². The van der Waals surface area contributed by atoms with E-state index in [1.54, 1.807) is 24.3 Å². The molecule has 2 aliphatic heterocycles. The Morgan fingerprint density at radius 1 is 0.605 bits per heavy atom. The molecule has 25 heteroatoms. The quantitative estimate of drug-likeness (QED) is 0.0382. The molecular formula is C51H51Cl5N10O8S2. The van der Waals surface area contributed by atoms with E-state index in [-0.39, 0.29) is 53.5 Å². The van der Waals surface area contributed by atoms with E-state index in [1.807, 2.05) is 84.9 Å². The summed E-state index contributed by atoms with van der Waals surface area (Å²) >= 11 is 30.2. The molecule has 0 aromatic heterocycles. The van der Waals surface area contributed by atoms with Gasteiger partial charge in [0.15, 0.2) is 6.04 Å². The van der Waals surface area contributed by atoms with Gasteiger partial charge in [0, 0.05) is 31.9 Å². The molecule has 18 nitrogen and oxygen atoms in total. The molecule has 6 aromatic rings. The number of aliphatic hydroxyl groups is 2. The number of rotatable bonds is 13. The molecule has 400 valence electrons. The summed E-state index contributed by atoms with van der Waals surface area (Å²) in [6.45, 7) is -0.554. The normalized spacial score (nSPS) is 16.4. The van der Waals surface area contributed by atoms with Crippen LogP contribution in [-0.2, 0) is 29.6 Å². The van der Waals surface area contributed by atoms with Crippen LogP contribution in [0.5, 0.6) is 0 Å². The van der Waals surface area contributed by atoms with Crippen LogP contribution < -0.4 is 21.9 Å². The van der Waals surface area contributed by atoms with Crippen LogP contribution in [0.1, 0.15) is 41.5 Å². The van der Waals surface area contributed by atoms with Crippen molar-refractivity contribution in [2.24, 2.45) is 36.8 Å². The predicted molar refractivity (Wildman–Crippen MR) is 300 cm³/mol. The number of hydrogen-bond donors (Lipinski definition) is 6. The number of amidine groups is 1. The summed E-state index contributed by atoms with van der Waals surface area (Å²) in [5.41, 5.74) is 19.9. The zero-order valence-electron chi connectivity index (χ0n) is 39.1. The first-order chi connectivity index (χ1) is 35.7. The van der Waals surface area contributed by atoms with E-state index in [1.165, 1.54) is 58.5 Å². The fraction of sp³-hybridized carbons (Fsp3) is 0.176. The lowest BCUT2D eigenvalue weighted by Gasteiger charge is -2.21. The van der Waals surface area contributed by atoms with Crippen molar-refractivity contribution in [3.05, 3.63) is 200 Å². The largest absolute Gasteiger partial charge is 0.394 e. The van der Waals surface area contributed by atoms with Gasteiger partial charge in [-0.1, -0.05) is 139 Å². The summed E-state index contributed by atoms with van der Waals surface area (Å²) in [5.74, 6) is -2.26. The van der Waals surface area contributed by atoms with Crippen LogP contribution in [0, 0.1) is 0 Å². The van der Waals surface area contributed by atoms with Gasteiger partial charge in [0.2, 0.25) is 23.1 Å². The average molecular weight is 1170 g/mol. The van der Waals surface area contributed by atoms with Crippen molar-refractivity contribution >= 4 is 113 Å². The predicted octanol–water partition coefficient (Wildman–Crippen LogP) is 7.19. The number of sulfonamides is 2. The minimum Gasteiger partial charge on any atom is -0.394 e. The molecular weight excluding hydrogens is 1120 g/mol. The van der Waals surface area contributed by atoms with Crippen LogP contribution >= 0.6 is 58.0 Å². The van der Waals surface area contributed by atoms with Gasteiger partial charge in [0.25, 0.3) is 20.0 Å². The number of carbonyl (C=O) groups excluding carboxylic acids is 2. The van der Waals surface area contributed by atoms with Crippen molar-refractivity contribution in [2.45, 2.75) is 41.1 Å². The van der Waals surface area contributed by atoms with Crippen molar-refractivity contribution < 1.29 is 36.6 Å². The Morgan fingerprint density at radius 3 is 1.38 bits per heavy atom. The van der Waals surface area contributed by atoms with Gasteiger partial charge in [-0.25, -0.2) is 28.2 Å². The zero-order chi connectivity index (χ0) is 54.5. The minimum absolute atomic E-state index is 0. The monoisotopic (exact) mass is 1170 g/mol. The summed E-state index contributed by atoms with van der Waals surface area (Å²) in [4.78, 5) is 25.8. The van der Waals surface area contributed by atoms with Crippen LogP contribution in [0.2, 0.25) is 20.1 Å². The van der Waals surface area contributed by atoms with Gasteiger partial charge < -0.3 is 27.4 Å². The molecule has 0 bridgehead atoms. The molecule has 2 heterocycles. The number of carbonyl (C=O) groups is 2. The maximum absolute atomic E-state index is 13.2. The topological polar surface area (TPSA) is 289 Å². The Kier molecular flexibility index (Phi) is 21.9. The first-order valence-corrected chi connectivity index (χ1v) is 27.0. The first-order valence-electron chi connectivity index (χ1n) is 22.2. The van der Waals surface area contributed by atoms with E-state index in [0.717, 1.165) is 28.0 Å². The maximum atomic E-state index is 13.2. The minimum atomic E-state index is -4.16. The average Bonchev–Trinajstić information content (AvgIpc) is 4.06. The summed E-state index contributed by atoms with van der Waals surface area (Å²) in [5, 5.41) is 31.5. The van der Waals surface area contributed by atoms with E-state index < -0.39 is 50.6 Å². The van der Waals surface area contributed by atoms with E-state index in [2.05, 4.69) is 30.0 Å². The molecule has 8 rings (SSSR count). The summed E-state index contributed by atoms with van der Waals surface area (Å²) in [6, 6.07) is 42.7. The van der Waals surface area contributed by atoms with Gasteiger partial charge in [0.1, 0.15) is 6.04 Å². The van der Waals surface area contributed by atoms with Crippen LogP contribution in [0.15, 0.2) is 187 Å². The number of benzene rings is 6. The first kappa shape index (κ1) is 60.4. The Bertz CT molecular complexity index is 3290. The fourth-order valence-corrected chi connectivity index (χ4v) is 9.85. The summed E-state index contributed by atoms with van der Waals surface area (Å²) in [7, 11) is -8.18. The van der Waals surface area contributed by atoms with Crippen molar-refractivity contribution in [3.63, 3.8) is 0 Å². The van der Waals surface area contributed by atoms with Gasteiger partial charge in [-0.15, -0.1) is 4.40 Å². The molecule has 0 saturated heterocycles. The SMILES string of the molecule is C.NC(=O)C(CO)N=C(NS(=O)(=O)c1ccc(Cl)cc1)N1CC(c2ccccc2)C(c2ccc(Cl)cc2)=N1.NC(=O)C(N)CO.O=S(=O)(N=C(Cl)N1CC(c2ccccc2)C(c2ccc(Cl)cc2)=N1)c1ccc(Cl)cc1. The number of nitrogens with two attached hydrogens (primary N) is 3. The maximum Gasteiger partial charge on any atom is 0.285 e. The lowest BCUT2D eigenvalue weighted by Crippen LogP contribution is -2.44. The second kappa shape index (κ2) is 27.6. The zero-order valence-corrected chi connectivity index (χ0v) is 44.5. The molecule has 0 saturated carbocycles. The highest BCUT2D eigenvalue weighted by atomic mass is 35.5. The van der Waals surface area contributed by atoms with Crippen molar-refractivity contribution in [1.29, 1.82) is 0 Å². The summed E-state index contributed by atoms with van der Waals surface area (Å²) < 4.78 is 57.8. The van der Waals surface area contributed by atoms with Crippen LogP contribution in [0.3, 0.4) is 0 Å². The molecule has 0 aliphatic carbocycles. The number of nitrogens with zero attached hydrogens (tertiary/aromatic N) is 6. The van der Waals surface area contributed by atoms with E-state index in [4.69, 9.17) is 74.6 Å². The van der Waals surface area contributed by atoms with Gasteiger partial charge in [-0.05, 0) is 107 Å². The molecule has 4 unspecified atom stereocenters. The second-order valence-corrected chi connectivity index (χ2v) is 21.5. The Balaban J connectivity index is 0.000000249. The highest BCUT2D eigenvalue weighted by Crippen LogP contribution is 2.32. The second-order valence-electron chi connectivity index (χ2n) is 16.2. The van der Waals surface area contributed by atoms with Crippen LogP contribution in [-0.4, -0.2) is 110 Å². The van der Waals surface area contributed by atoms with E-state index in [9.17, 15) is 31.5 Å².